The Morgan fingerprint density at radius 1 is 1.23 bits per heavy atom. The van der Waals surface area contributed by atoms with E-state index in [0.717, 1.165) is 5.56 Å². The number of amides is 2. The van der Waals surface area contributed by atoms with Crippen molar-refractivity contribution in [2.24, 2.45) is 0 Å². The lowest BCUT2D eigenvalue weighted by molar-refractivity contribution is -0.192. The molecule has 3 rings (SSSR count). The fraction of sp³-hybridized carbons (Fsp3) is 0.526. The van der Waals surface area contributed by atoms with E-state index in [9.17, 15) is 22.8 Å². The number of hydrogen-bond acceptors (Lipinski definition) is 5. The van der Waals surface area contributed by atoms with Crippen LogP contribution in [0.3, 0.4) is 0 Å². The van der Waals surface area contributed by atoms with Gasteiger partial charge in [-0.05, 0) is 26.1 Å². The maximum absolute atomic E-state index is 12.5. The monoisotopic (exact) mass is 431 g/mol. The van der Waals surface area contributed by atoms with Crippen molar-refractivity contribution in [3.63, 3.8) is 0 Å². The topological polar surface area (TPSA) is 99.2 Å². The van der Waals surface area contributed by atoms with Crippen molar-refractivity contribution in [2.45, 2.75) is 24.7 Å². The normalized spacial score (nSPS) is 20.6. The third-order valence-electron chi connectivity index (χ3n) is 4.92. The Morgan fingerprint density at radius 3 is 2.30 bits per heavy atom. The SMILES string of the molecule is CNC(=O)C1COC2(CN(C(=O)c3cccc(C)c3)C2)CN1C.O=C(O)C(F)(F)F. The predicted octanol–water partition coefficient (Wildman–Crippen LogP) is 0.900. The molecule has 8 nitrogen and oxygen atoms in total. The maximum Gasteiger partial charge on any atom is 0.490 e. The van der Waals surface area contributed by atoms with Crippen molar-refractivity contribution in [3.8, 4) is 0 Å². The Morgan fingerprint density at radius 2 is 1.83 bits per heavy atom. The van der Waals surface area contributed by atoms with Crippen LogP contribution in [0.5, 0.6) is 0 Å². The number of carbonyl (C=O) groups excluding carboxylic acids is 2. The van der Waals surface area contributed by atoms with Gasteiger partial charge in [-0.15, -0.1) is 0 Å². The summed E-state index contributed by atoms with van der Waals surface area (Å²) in [6, 6.07) is 7.37. The molecule has 0 saturated carbocycles. The van der Waals surface area contributed by atoms with E-state index >= 15 is 0 Å². The number of morpholine rings is 1. The van der Waals surface area contributed by atoms with E-state index in [1.807, 2.05) is 48.0 Å². The summed E-state index contributed by atoms with van der Waals surface area (Å²) in [5, 5.41) is 9.78. The van der Waals surface area contributed by atoms with Crippen molar-refractivity contribution in [1.82, 2.24) is 15.1 Å². The highest BCUT2D eigenvalue weighted by Gasteiger charge is 2.51. The summed E-state index contributed by atoms with van der Waals surface area (Å²) in [6.45, 7) is 4.15. The lowest BCUT2D eigenvalue weighted by atomic mass is 9.90. The lowest BCUT2D eigenvalue weighted by Crippen LogP contribution is -2.73. The van der Waals surface area contributed by atoms with Crippen molar-refractivity contribution >= 4 is 17.8 Å². The molecule has 0 radical (unpaired) electrons. The summed E-state index contributed by atoms with van der Waals surface area (Å²) in [5.41, 5.74) is 1.46. The Bertz CT molecular complexity index is 809. The molecule has 2 aliphatic heterocycles. The van der Waals surface area contributed by atoms with E-state index in [1.54, 1.807) is 7.05 Å². The first-order valence-electron chi connectivity index (χ1n) is 9.10. The fourth-order valence-electron chi connectivity index (χ4n) is 3.38. The Labute approximate surface area is 171 Å². The summed E-state index contributed by atoms with van der Waals surface area (Å²) in [7, 11) is 3.56. The molecule has 11 heteroatoms. The smallest absolute Gasteiger partial charge is 0.475 e. The molecule has 2 amide bonds. The van der Waals surface area contributed by atoms with E-state index in [0.29, 0.717) is 31.8 Å². The van der Waals surface area contributed by atoms with Crippen LogP contribution in [0.25, 0.3) is 0 Å². The number of hydrogen-bond donors (Lipinski definition) is 2. The van der Waals surface area contributed by atoms with Gasteiger partial charge in [-0.3, -0.25) is 14.5 Å². The molecule has 2 fully saturated rings. The van der Waals surface area contributed by atoms with Crippen molar-refractivity contribution in [3.05, 3.63) is 35.4 Å². The molecule has 30 heavy (non-hydrogen) atoms. The minimum absolute atomic E-state index is 0.0330. The zero-order valence-electron chi connectivity index (χ0n) is 16.8. The highest BCUT2D eigenvalue weighted by Crippen LogP contribution is 2.31. The van der Waals surface area contributed by atoms with Crippen LogP contribution in [0.4, 0.5) is 13.2 Å². The number of carbonyl (C=O) groups is 3. The average molecular weight is 431 g/mol. The van der Waals surface area contributed by atoms with Crippen LogP contribution in [0, 0.1) is 6.92 Å². The highest BCUT2D eigenvalue weighted by atomic mass is 19.4. The number of nitrogens with one attached hydrogen (secondary N) is 1. The van der Waals surface area contributed by atoms with E-state index in [1.165, 1.54) is 0 Å². The quantitative estimate of drug-likeness (QED) is 0.722. The van der Waals surface area contributed by atoms with Crippen LogP contribution in [-0.4, -0.2) is 90.8 Å². The van der Waals surface area contributed by atoms with Crippen molar-refractivity contribution in [2.75, 3.05) is 40.3 Å². The molecule has 1 aromatic rings. The summed E-state index contributed by atoms with van der Waals surface area (Å²) >= 11 is 0. The Hall–Kier alpha value is -2.66. The number of aliphatic carboxylic acids is 1. The molecule has 1 spiro atoms. The number of ether oxygens (including phenoxy) is 1. The number of carboxylic acid groups (broad SMARTS) is 1. The van der Waals surface area contributed by atoms with E-state index < -0.39 is 12.1 Å². The summed E-state index contributed by atoms with van der Waals surface area (Å²) < 4.78 is 37.7. The third kappa shape index (κ3) is 5.48. The van der Waals surface area contributed by atoms with Gasteiger partial charge < -0.3 is 20.1 Å². The number of aryl methyl sites for hydroxylation is 1. The Kier molecular flexibility index (Phi) is 7.09. The molecule has 2 aliphatic rings. The van der Waals surface area contributed by atoms with E-state index in [2.05, 4.69) is 5.32 Å². The minimum atomic E-state index is -5.08. The average Bonchev–Trinajstić information content (AvgIpc) is 2.64. The summed E-state index contributed by atoms with van der Waals surface area (Å²) in [4.78, 5) is 37.0. The molecule has 0 aromatic heterocycles. The third-order valence-corrected chi connectivity index (χ3v) is 4.92. The molecule has 166 valence electrons. The molecular formula is C19H24F3N3O5. The van der Waals surface area contributed by atoms with Gasteiger partial charge in [0.15, 0.2) is 0 Å². The number of likely N-dealkylation sites (N-methyl/N-ethyl adjacent to an activating group) is 2. The van der Waals surface area contributed by atoms with Gasteiger partial charge in [-0.25, -0.2) is 4.79 Å². The van der Waals surface area contributed by atoms with Gasteiger partial charge in [0.1, 0.15) is 11.6 Å². The molecule has 0 aliphatic carbocycles. The van der Waals surface area contributed by atoms with Gasteiger partial charge >= 0.3 is 12.1 Å². The number of benzene rings is 1. The number of halogens is 3. The van der Waals surface area contributed by atoms with Crippen LogP contribution in [0.1, 0.15) is 15.9 Å². The summed E-state index contributed by atoms with van der Waals surface area (Å²) in [5.74, 6) is -2.75. The predicted molar refractivity (Wildman–Crippen MR) is 99.9 cm³/mol. The number of rotatable bonds is 2. The first-order chi connectivity index (χ1) is 13.9. The van der Waals surface area contributed by atoms with Gasteiger partial charge in [0.05, 0.1) is 19.7 Å². The molecule has 2 N–H and O–H groups in total. The molecule has 0 bridgehead atoms. The zero-order chi connectivity index (χ0) is 22.7. The van der Waals surface area contributed by atoms with Crippen LogP contribution < -0.4 is 5.32 Å². The van der Waals surface area contributed by atoms with Gasteiger partial charge in [0, 0.05) is 19.2 Å². The van der Waals surface area contributed by atoms with E-state index in [4.69, 9.17) is 14.6 Å². The first kappa shape index (κ1) is 23.6. The molecule has 2 heterocycles. The molecule has 1 atom stereocenters. The van der Waals surface area contributed by atoms with Gasteiger partial charge in [0.2, 0.25) is 5.91 Å². The van der Waals surface area contributed by atoms with Crippen molar-refractivity contribution in [1.29, 1.82) is 0 Å². The number of alkyl halides is 3. The van der Waals surface area contributed by atoms with Crippen LogP contribution in [0.2, 0.25) is 0 Å². The number of carboxylic acids is 1. The lowest BCUT2D eigenvalue weighted by Gasteiger charge is -2.54. The number of nitrogens with zero attached hydrogens (tertiary/aromatic N) is 2. The fourth-order valence-corrected chi connectivity index (χ4v) is 3.38. The van der Waals surface area contributed by atoms with Crippen LogP contribution in [0.15, 0.2) is 24.3 Å². The summed E-state index contributed by atoms with van der Waals surface area (Å²) in [6.07, 6.45) is -5.08. The van der Waals surface area contributed by atoms with Gasteiger partial charge in [0.25, 0.3) is 5.91 Å². The van der Waals surface area contributed by atoms with Crippen LogP contribution >= 0.6 is 0 Å². The zero-order valence-corrected chi connectivity index (χ0v) is 16.8. The molecule has 1 unspecified atom stereocenters. The van der Waals surface area contributed by atoms with Gasteiger partial charge in [-0.1, -0.05) is 17.7 Å². The second-order valence-electron chi connectivity index (χ2n) is 7.37. The van der Waals surface area contributed by atoms with Gasteiger partial charge in [-0.2, -0.15) is 13.2 Å². The first-order valence-corrected chi connectivity index (χ1v) is 9.10. The Balaban J connectivity index is 0.000000396. The second kappa shape index (κ2) is 9.00. The van der Waals surface area contributed by atoms with Crippen LogP contribution in [-0.2, 0) is 14.3 Å². The standard InChI is InChI=1S/C17H23N3O3.C2HF3O2/c1-12-5-4-6-13(7-12)16(22)20-10-17(11-20)9-19(3)14(8-23-17)15(21)18-2;3-2(4,5)1(6)7/h4-7,14H,8-11H2,1-3H3,(H,18,21);(H,6,7). The largest absolute Gasteiger partial charge is 0.490 e. The number of likely N-dealkylation sites (tertiary alicyclic amines) is 1. The second-order valence-corrected chi connectivity index (χ2v) is 7.37. The highest BCUT2D eigenvalue weighted by molar-refractivity contribution is 5.95. The van der Waals surface area contributed by atoms with E-state index in [-0.39, 0.29) is 23.5 Å². The van der Waals surface area contributed by atoms with Crippen molar-refractivity contribution < 1.29 is 37.4 Å². The molecule has 1 aromatic carbocycles. The molecule has 2 saturated heterocycles. The molecular weight excluding hydrogens is 407 g/mol. The maximum atomic E-state index is 12.5. The minimum Gasteiger partial charge on any atom is -0.475 e.